The van der Waals surface area contributed by atoms with E-state index in [9.17, 15) is 19.5 Å². The molecule has 12 N–H and O–H groups in total. The first-order chi connectivity index (χ1) is 17.2. The number of nitrogens with one attached hydrogen (secondary N) is 3. The molecule has 0 aliphatic rings. The Morgan fingerprint density at radius 2 is 1.67 bits per heavy atom. The molecule has 2 aromatic carbocycles. The van der Waals surface area contributed by atoms with E-state index >= 15 is 0 Å². The molecule has 0 unspecified atom stereocenters. The van der Waals surface area contributed by atoms with Crippen molar-refractivity contribution in [3.05, 3.63) is 47.5 Å². The first-order valence-corrected chi connectivity index (χ1v) is 11.8. The minimum absolute atomic E-state index is 0.00934. The molecule has 2 rings (SSSR count). The zero-order chi connectivity index (χ0) is 26.7. The van der Waals surface area contributed by atoms with Gasteiger partial charge in [0, 0.05) is 25.2 Å². The molecule has 0 fully saturated rings. The zero-order valence-electron chi connectivity index (χ0n) is 20.5. The van der Waals surface area contributed by atoms with Crippen LogP contribution >= 0.6 is 0 Å². The molecule has 0 aromatic heterocycles. The fourth-order valence-electron chi connectivity index (χ4n) is 3.55. The minimum atomic E-state index is -1.03. The lowest BCUT2D eigenvalue weighted by Gasteiger charge is -2.21. The number of hydrogen-bond donors (Lipinski definition) is 8. The molecule has 196 valence electrons. The Morgan fingerprint density at radius 3 is 2.33 bits per heavy atom. The van der Waals surface area contributed by atoms with Crippen LogP contribution in [0.4, 0.5) is 5.69 Å². The second-order valence-electron chi connectivity index (χ2n) is 8.57. The number of aromatic hydroxyl groups is 1. The minimum Gasteiger partial charge on any atom is -0.508 e. The van der Waals surface area contributed by atoms with E-state index in [1.165, 1.54) is 0 Å². The number of carbonyl (C=O) groups excluding carboxylic acids is 3. The van der Waals surface area contributed by atoms with Crippen LogP contribution in [0, 0.1) is 6.92 Å². The van der Waals surface area contributed by atoms with Crippen molar-refractivity contribution in [3.63, 3.8) is 0 Å². The van der Waals surface area contributed by atoms with Gasteiger partial charge in [0.15, 0.2) is 0 Å². The fraction of sp³-hybridized carbons (Fsp3) is 0.400. The summed E-state index contributed by atoms with van der Waals surface area (Å²) in [5, 5.41) is 18.0. The van der Waals surface area contributed by atoms with Gasteiger partial charge in [-0.05, 0) is 72.8 Å². The number of phenols is 1. The van der Waals surface area contributed by atoms with E-state index in [1.807, 2.05) is 25.1 Å². The molecule has 0 saturated carbocycles. The summed E-state index contributed by atoms with van der Waals surface area (Å²) in [7, 11) is 0. The molecule has 0 heterocycles. The number of hydrogen-bond acceptors (Lipinski definition) is 8. The zero-order valence-corrected chi connectivity index (χ0v) is 20.5. The van der Waals surface area contributed by atoms with Crippen LogP contribution in [-0.2, 0) is 20.8 Å². The van der Waals surface area contributed by atoms with E-state index in [-0.39, 0.29) is 37.6 Å². The summed E-state index contributed by atoms with van der Waals surface area (Å²) in [6.45, 7) is 2.57. The third-order valence-corrected chi connectivity index (χ3v) is 5.68. The SMILES string of the molecule is Cc1cc(-c2ccc(O)c(C[C@H](N)C(=O)N[C@@H](CCCN)C(=O)NCC(=O)NCCN)c2)ccc1N. The Hall–Kier alpha value is -3.67. The molecule has 0 aliphatic heterocycles. The van der Waals surface area contributed by atoms with Crippen LogP contribution in [0.5, 0.6) is 5.75 Å². The van der Waals surface area contributed by atoms with Crippen molar-refractivity contribution in [1.82, 2.24) is 16.0 Å². The lowest BCUT2D eigenvalue weighted by Crippen LogP contribution is -2.53. The molecule has 2 atom stereocenters. The number of nitrogens with two attached hydrogens (primary N) is 4. The van der Waals surface area contributed by atoms with Gasteiger partial charge in [-0.15, -0.1) is 0 Å². The summed E-state index contributed by atoms with van der Waals surface area (Å²) < 4.78 is 0. The molecule has 0 saturated heterocycles. The Balaban J connectivity index is 2.06. The van der Waals surface area contributed by atoms with Crippen molar-refractivity contribution >= 4 is 23.4 Å². The van der Waals surface area contributed by atoms with Crippen LogP contribution in [-0.4, -0.2) is 61.1 Å². The van der Waals surface area contributed by atoms with Crippen LogP contribution in [0.1, 0.15) is 24.0 Å². The number of phenolic OH excluding ortho intramolecular Hbond substituents is 1. The van der Waals surface area contributed by atoms with Crippen molar-refractivity contribution in [2.75, 3.05) is 31.9 Å². The predicted molar refractivity (Wildman–Crippen MR) is 140 cm³/mol. The Labute approximate surface area is 211 Å². The van der Waals surface area contributed by atoms with E-state index < -0.39 is 23.9 Å². The Kier molecular flexibility index (Phi) is 11.1. The van der Waals surface area contributed by atoms with Crippen molar-refractivity contribution in [2.24, 2.45) is 17.2 Å². The number of benzene rings is 2. The quantitative estimate of drug-likeness (QED) is 0.164. The van der Waals surface area contributed by atoms with Crippen LogP contribution < -0.4 is 38.9 Å². The standard InChI is InChI=1S/C25H37N7O4/c1-15-11-16(4-6-19(15)28)17-5-7-22(33)18(12-17)13-20(29)24(35)32-21(3-2-8-26)25(36)31-14-23(34)30-10-9-27/h4-7,11-12,20-21,33H,2-3,8-10,13-14,26-29H2,1H3,(H,30,34)(H,31,36)(H,32,35)/t20-,21-/m0/s1. The largest absolute Gasteiger partial charge is 0.508 e. The normalized spacial score (nSPS) is 12.4. The van der Waals surface area contributed by atoms with Crippen LogP contribution in [0.15, 0.2) is 36.4 Å². The Morgan fingerprint density at radius 1 is 0.972 bits per heavy atom. The van der Waals surface area contributed by atoms with Crippen molar-refractivity contribution in [3.8, 4) is 16.9 Å². The second kappa shape index (κ2) is 14.0. The van der Waals surface area contributed by atoms with Crippen LogP contribution in [0.3, 0.4) is 0 Å². The molecular weight excluding hydrogens is 462 g/mol. The van der Waals surface area contributed by atoms with Gasteiger partial charge in [0.2, 0.25) is 17.7 Å². The van der Waals surface area contributed by atoms with E-state index in [4.69, 9.17) is 22.9 Å². The number of carbonyl (C=O) groups is 3. The van der Waals surface area contributed by atoms with Crippen molar-refractivity contribution in [1.29, 1.82) is 0 Å². The summed E-state index contributed by atoms with van der Waals surface area (Å²) in [4.78, 5) is 37.1. The van der Waals surface area contributed by atoms with Gasteiger partial charge in [-0.3, -0.25) is 14.4 Å². The average molecular weight is 500 g/mol. The highest BCUT2D eigenvalue weighted by Gasteiger charge is 2.24. The average Bonchev–Trinajstić information content (AvgIpc) is 2.86. The molecule has 2 aromatic rings. The third kappa shape index (κ3) is 8.52. The monoisotopic (exact) mass is 499 g/mol. The summed E-state index contributed by atoms with van der Waals surface area (Å²) in [6, 6.07) is 8.78. The van der Waals surface area contributed by atoms with Gasteiger partial charge in [-0.1, -0.05) is 12.1 Å². The van der Waals surface area contributed by atoms with Gasteiger partial charge in [0.25, 0.3) is 0 Å². The smallest absolute Gasteiger partial charge is 0.243 e. The first kappa shape index (κ1) is 28.6. The molecule has 11 nitrogen and oxygen atoms in total. The number of aryl methyl sites for hydroxylation is 1. The van der Waals surface area contributed by atoms with E-state index in [2.05, 4.69) is 16.0 Å². The summed E-state index contributed by atoms with van der Waals surface area (Å²) in [5.41, 5.74) is 26.8. The molecule has 0 radical (unpaired) electrons. The van der Waals surface area contributed by atoms with E-state index in [0.717, 1.165) is 16.7 Å². The highest BCUT2D eigenvalue weighted by atomic mass is 16.3. The summed E-state index contributed by atoms with van der Waals surface area (Å²) in [5.74, 6) is -1.46. The van der Waals surface area contributed by atoms with Crippen molar-refractivity contribution < 1.29 is 19.5 Å². The van der Waals surface area contributed by atoms with E-state index in [1.54, 1.807) is 18.2 Å². The first-order valence-electron chi connectivity index (χ1n) is 11.8. The number of amides is 3. The molecule has 0 bridgehead atoms. The maximum Gasteiger partial charge on any atom is 0.243 e. The Bertz CT molecular complexity index is 1060. The van der Waals surface area contributed by atoms with Gasteiger partial charge in [0.05, 0.1) is 12.6 Å². The van der Waals surface area contributed by atoms with Gasteiger partial charge >= 0.3 is 0 Å². The lowest BCUT2D eigenvalue weighted by molar-refractivity contribution is -0.131. The lowest BCUT2D eigenvalue weighted by atomic mass is 9.97. The number of nitrogen functional groups attached to an aromatic ring is 1. The molecule has 11 heteroatoms. The summed E-state index contributed by atoms with van der Waals surface area (Å²) >= 11 is 0. The van der Waals surface area contributed by atoms with Crippen LogP contribution in [0.25, 0.3) is 11.1 Å². The van der Waals surface area contributed by atoms with E-state index in [0.29, 0.717) is 30.8 Å². The maximum absolute atomic E-state index is 12.8. The van der Waals surface area contributed by atoms with Crippen LogP contribution in [0.2, 0.25) is 0 Å². The van der Waals surface area contributed by atoms with Gasteiger partial charge in [-0.2, -0.15) is 0 Å². The van der Waals surface area contributed by atoms with Gasteiger partial charge < -0.3 is 44.0 Å². The molecule has 3 amide bonds. The number of anilines is 1. The molecule has 0 spiro atoms. The molecule has 36 heavy (non-hydrogen) atoms. The topological polar surface area (TPSA) is 212 Å². The maximum atomic E-state index is 12.8. The highest BCUT2D eigenvalue weighted by molar-refractivity contribution is 5.92. The summed E-state index contributed by atoms with van der Waals surface area (Å²) in [6.07, 6.45) is 0.811. The van der Waals surface area contributed by atoms with Gasteiger partial charge in [-0.25, -0.2) is 0 Å². The molecule has 0 aliphatic carbocycles. The number of rotatable bonds is 13. The van der Waals surface area contributed by atoms with Gasteiger partial charge in [0.1, 0.15) is 11.8 Å². The molecular formula is C25H37N7O4. The highest BCUT2D eigenvalue weighted by Crippen LogP contribution is 2.28. The third-order valence-electron chi connectivity index (χ3n) is 5.68. The fourth-order valence-corrected chi connectivity index (χ4v) is 3.55. The predicted octanol–water partition coefficient (Wildman–Crippen LogP) is -0.766. The second-order valence-corrected chi connectivity index (χ2v) is 8.57. The van der Waals surface area contributed by atoms with Crippen molar-refractivity contribution in [2.45, 2.75) is 38.3 Å².